The van der Waals surface area contributed by atoms with Crippen LogP contribution in [0.1, 0.15) is 38.5 Å². The summed E-state index contributed by atoms with van der Waals surface area (Å²) in [5.41, 5.74) is 5.39. The third-order valence-electron chi connectivity index (χ3n) is 3.31. The van der Waals surface area contributed by atoms with Crippen LogP contribution in [0.2, 0.25) is 0 Å². The molecule has 1 rings (SSSR count). The average molecular weight is 245 g/mol. The number of oxime groups is 1. The molecule has 4 nitrogen and oxygen atoms in total. The topological polar surface area (TPSA) is 70.6 Å². The highest BCUT2D eigenvalue weighted by atomic mass is 32.2. The highest BCUT2D eigenvalue weighted by molar-refractivity contribution is 8.00. The van der Waals surface area contributed by atoms with Crippen LogP contribution >= 0.6 is 11.8 Å². The van der Waals surface area contributed by atoms with E-state index in [2.05, 4.69) is 16.7 Å². The van der Waals surface area contributed by atoms with Crippen molar-refractivity contribution in [3.8, 4) is 0 Å². The first kappa shape index (κ1) is 13.6. The normalized spacial score (nSPS) is 19.4. The summed E-state index contributed by atoms with van der Waals surface area (Å²) in [5, 5.41) is 14.8. The number of nitrogens with one attached hydrogen (secondary N) is 1. The second-order valence-corrected chi connectivity index (χ2v) is 5.74. The Balaban J connectivity index is 1.95. The van der Waals surface area contributed by atoms with E-state index in [-0.39, 0.29) is 0 Å². The lowest BCUT2D eigenvalue weighted by Gasteiger charge is -2.40. The molecule has 0 saturated heterocycles. The van der Waals surface area contributed by atoms with Crippen molar-refractivity contribution in [1.29, 1.82) is 0 Å². The van der Waals surface area contributed by atoms with Gasteiger partial charge in [0.05, 0.1) is 0 Å². The van der Waals surface area contributed by atoms with Crippen molar-refractivity contribution in [3.05, 3.63) is 0 Å². The van der Waals surface area contributed by atoms with Gasteiger partial charge in [0.25, 0.3) is 0 Å². The monoisotopic (exact) mass is 245 g/mol. The lowest BCUT2D eigenvalue weighted by molar-refractivity contribution is 0.316. The number of nitrogens with zero attached hydrogens (tertiary/aromatic N) is 1. The molecule has 1 aliphatic carbocycles. The van der Waals surface area contributed by atoms with Crippen LogP contribution in [0.4, 0.5) is 0 Å². The van der Waals surface area contributed by atoms with E-state index in [0.717, 1.165) is 25.9 Å². The summed E-state index contributed by atoms with van der Waals surface area (Å²) in [6.07, 6.45) is 9.05. The molecule has 0 radical (unpaired) electrons. The first-order chi connectivity index (χ1) is 7.72. The summed E-state index contributed by atoms with van der Waals surface area (Å²) in [6.45, 7) is 2.15. The summed E-state index contributed by atoms with van der Waals surface area (Å²) in [6, 6.07) is 0. The SMILES string of the molecule is CSC1(CNCCCCC(N)=NO)CCC1. The second-order valence-electron chi connectivity index (χ2n) is 4.47. The third-order valence-corrected chi connectivity index (χ3v) is 4.73. The van der Waals surface area contributed by atoms with E-state index in [1.54, 1.807) is 0 Å². The molecule has 0 bridgehead atoms. The number of nitrogens with two attached hydrogens (primary N) is 1. The zero-order valence-corrected chi connectivity index (χ0v) is 10.9. The molecule has 1 aliphatic rings. The summed E-state index contributed by atoms with van der Waals surface area (Å²) in [5.74, 6) is 0.333. The molecule has 1 fully saturated rings. The van der Waals surface area contributed by atoms with E-state index in [1.807, 2.05) is 11.8 Å². The average Bonchev–Trinajstić information content (AvgIpc) is 2.25. The van der Waals surface area contributed by atoms with E-state index >= 15 is 0 Å². The van der Waals surface area contributed by atoms with Crippen LogP contribution in [0.3, 0.4) is 0 Å². The zero-order valence-electron chi connectivity index (χ0n) is 10.0. The quantitative estimate of drug-likeness (QED) is 0.200. The lowest BCUT2D eigenvalue weighted by Crippen LogP contribution is -2.43. The first-order valence-corrected chi connectivity index (χ1v) is 7.17. The third kappa shape index (κ3) is 4.22. The summed E-state index contributed by atoms with van der Waals surface area (Å²) < 4.78 is 0.519. The molecule has 16 heavy (non-hydrogen) atoms. The van der Waals surface area contributed by atoms with Crippen molar-refractivity contribution in [1.82, 2.24) is 5.32 Å². The molecule has 0 atom stereocenters. The molecule has 0 aromatic rings. The largest absolute Gasteiger partial charge is 0.409 e. The molecule has 0 amide bonds. The molecule has 0 heterocycles. The lowest BCUT2D eigenvalue weighted by atomic mass is 9.84. The van der Waals surface area contributed by atoms with Gasteiger partial charge in [0.2, 0.25) is 0 Å². The fourth-order valence-corrected chi connectivity index (χ4v) is 2.89. The summed E-state index contributed by atoms with van der Waals surface area (Å²) in [4.78, 5) is 0. The molecule has 0 aromatic carbocycles. The molecule has 0 unspecified atom stereocenters. The summed E-state index contributed by atoms with van der Waals surface area (Å²) in [7, 11) is 0. The van der Waals surface area contributed by atoms with Crippen LogP contribution < -0.4 is 11.1 Å². The fraction of sp³-hybridized carbons (Fsp3) is 0.909. The molecule has 1 saturated carbocycles. The van der Waals surface area contributed by atoms with Crippen LogP contribution in [0.25, 0.3) is 0 Å². The van der Waals surface area contributed by atoms with Gasteiger partial charge in [0.1, 0.15) is 5.84 Å². The van der Waals surface area contributed by atoms with Gasteiger partial charge in [0, 0.05) is 17.7 Å². The zero-order chi connectivity index (χ0) is 11.9. The Morgan fingerprint density at radius 3 is 2.75 bits per heavy atom. The van der Waals surface area contributed by atoms with Crippen LogP contribution in [0.5, 0.6) is 0 Å². The minimum Gasteiger partial charge on any atom is -0.409 e. The first-order valence-electron chi connectivity index (χ1n) is 5.95. The Bertz CT molecular complexity index is 224. The van der Waals surface area contributed by atoms with Crippen molar-refractivity contribution in [3.63, 3.8) is 0 Å². The Morgan fingerprint density at radius 2 is 2.25 bits per heavy atom. The van der Waals surface area contributed by atoms with Crippen molar-refractivity contribution in [2.75, 3.05) is 19.3 Å². The predicted octanol–water partition coefficient (Wildman–Crippen LogP) is 1.78. The number of hydrogen-bond donors (Lipinski definition) is 3. The van der Waals surface area contributed by atoms with Crippen LogP contribution in [-0.4, -0.2) is 35.1 Å². The highest BCUT2D eigenvalue weighted by Gasteiger charge is 2.35. The van der Waals surface area contributed by atoms with Gasteiger partial charge in [-0.05, 0) is 38.5 Å². The molecule has 0 aliphatic heterocycles. The second kappa shape index (κ2) is 7.01. The van der Waals surface area contributed by atoms with Crippen molar-refractivity contribution >= 4 is 17.6 Å². The van der Waals surface area contributed by atoms with E-state index in [4.69, 9.17) is 10.9 Å². The van der Waals surface area contributed by atoms with Gasteiger partial charge in [-0.2, -0.15) is 11.8 Å². The van der Waals surface area contributed by atoms with Crippen LogP contribution in [0, 0.1) is 0 Å². The molecule has 0 spiro atoms. The Labute approximate surface area is 102 Å². The predicted molar refractivity (Wildman–Crippen MR) is 70.2 cm³/mol. The maximum atomic E-state index is 8.36. The Hall–Kier alpha value is -0.420. The number of thioether (sulfide) groups is 1. The van der Waals surface area contributed by atoms with Crippen molar-refractivity contribution in [2.45, 2.75) is 43.3 Å². The summed E-state index contributed by atoms with van der Waals surface area (Å²) >= 11 is 2.00. The number of unbranched alkanes of at least 4 members (excludes halogenated alkanes) is 1. The van der Waals surface area contributed by atoms with Crippen molar-refractivity contribution < 1.29 is 5.21 Å². The van der Waals surface area contributed by atoms with Gasteiger partial charge in [-0.25, -0.2) is 0 Å². The standard InChI is InChI=1S/C11H23N3OS/c1-16-11(6-4-7-11)9-13-8-3-2-5-10(12)14-15/h13,15H,2-9H2,1H3,(H2,12,14). The molecule has 94 valence electrons. The molecular formula is C11H23N3OS. The minimum atomic E-state index is 0.333. The number of amidine groups is 1. The van der Waals surface area contributed by atoms with Gasteiger partial charge >= 0.3 is 0 Å². The van der Waals surface area contributed by atoms with Gasteiger partial charge < -0.3 is 16.3 Å². The Morgan fingerprint density at radius 1 is 1.50 bits per heavy atom. The smallest absolute Gasteiger partial charge is 0.139 e. The maximum absolute atomic E-state index is 8.36. The molecule has 0 aromatic heterocycles. The van der Waals surface area contributed by atoms with E-state index in [1.165, 1.54) is 19.3 Å². The van der Waals surface area contributed by atoms with Crippen LogP contribution in [-0.2, 0) is 0 Å². The van der Waals surface area contributed by atoms with Gasteiger partial charge in [-0.15, -0.1) is 0 Å². The molecular weight excluding hydrogens is 222 g/mol. The highest BCUT2D eigenvalue weighted by Crippen LogP contribution is 2.42. The van der Waals surface area contributed by atoms with E-state index in [0.29, 0.717) is 17.0 Å². The van der Waals surface area contributed by atoms with Crippen molar-refractivity contribution in [2.24, 2.45) is 10.9 Å². The number of hydrogen-bond acceptors (Lipinski definition) is 4. The van der Waals surface area contributed by atoms with Crippen LogP contribution in [0.15, 0.2) is 5.16 Å². The van der Waals surface area contributed by atoms with Gasteiger partial charge in [-0.3, -0.25) is 0 Å². The molecule has 5 heteroatoms. The fourth-order valence-electron chi connectivity index (χ4n) is 1.95. The Kier molecular flexibility index (Phi) is 5.98. The number of rotatable bonds is 8. The maximum Gasteiger partial charge on any atom is 0.139 e. The molecule has 4 N–H and O–H groups in total. The van der Waals surface area contributed by atoms with Gasteiger partial charge in [-0.1, -0.05) is 11.6 Å². The van der Waals surface area contributed by atoms with E-state index in [9.17, 15) is 0 Å². The van der Waals surface area contributed by atoms with Gasteiger partial charge in [0.15, 0.2) is 0 Å². The minimum absolute atomic E-state index is 0.333. The van der Waals surface area contributed by atoms with E-state index < -0.39 is 0 Å².